The largest absolute Gasteiger partial charge is 0.493 e. The van der Waals surface area contributed by atoms with Crippen LogP contribution in [0.25, 0.3) is 0 Å². The van der Waals surface area contributed by atoms with Crippen molar-refractivity contribution >= 4 is 11.7 Å². The summed E-state index contributed by atoms with van der Waals surface area (Å²) in [6, 6.07) is 10.9. The summed E-state index contributed by atoms with van der Waals surface area (Å²) in [6.07, 6.45) is 3.73. The highest BCUT2D eigenvalue weighted by Crippen LogP contribution is 2.49. The molecular formula is C25H32FN3O3. The minimum atomic E-state index is -0.433. The molecule has 3 atom stereocenters. The Kier molecular flexibility index (Phi) is 6.29. The molecule has 0 unspecified atom stereocenters. The molecule has 2 fully saturated rings. The fourth-order valence-corrected chi connectivity index (χ4v) is 5.47. The minimum absolute atomic E-state index is 0.0195. The van der Waals surface area contributed by atoms with Gasteiger partial charge in [0.1, 0.15) is 5.82 Å². The number of hydrogen-bond donors (Lipinski definition) is 2. The summed E-state index contributed by atoms with van der Waals surface area (Å²) in [5, 5.41) is 5.74. The molecule has 1 aliphatic carbocycles. The average Bonchev–Trinajstić information content (AvgIpc) is 3.13. The standard InChI is InChI=1S/C25H32FN3O3/c1-16-5-7-19(26)20(13-16)28-24(30)27-18-9-10-25(11-12-29(2)23(25)15-18)17-6-8-21(31-3)22(14-17)32-4/h5-8,13-14,18,23H,9-12,15H2,1-4H3,(H2,27,28,30)/t18-,23+,25-/m0/s1. The van der Waals surface area contributed by atoms with E-state index in [1.54, 1.807) is 26.4 Å². The molecule has 0 aromatic heterocycles. The van der Waals surface area contributed by atoms with Crippen LogP contribution in [-0.4, -0.2) is 50.8 Å². The quantitative estimate of drug-likeness (QED) is 0.719. The first kappa shape index (κ1) is 22.4. The molecule has 2 amide bonds. The minimum Gasteiger partial charge on any atom is -0.493 e. The first-order valence-electron chi connectivity index (χ1n) is 11.1. The fourth-order valence-electron chi connectivity index (χ4n) is 5.47. The first-order chi connectivity index (χ1) is 15.4. The molecule has 6 nitrogen and oxygen atoms in total. The van der Waals surface area contributed by atoms with Gasteiger partial charge in [0, 0.05) is 17.5 Å². The van der Waals surface area contributed by atoms with Crippen molar-refractivity contribution in [2.24, 2.45) is 0 Å². The number of halogens is 1. The van der Waals surface area contributed by atoms with Gasteiger partial charge in [0.25, 0.3) is 0 Å². The lowest BCUT2D eigenvalue weighted by molar-refractivity contribution is 0.156. The van der Waals surface area contributed by atoms with Crippen LogP contribution in [0.4, 0.5) is 14.9 Å². The normalized spacial score (nSPS) is 25.2. The van der Waals surface area contributed by atoms with Gasteiger partial charge in [0.05, 0.1) is 19.9 Å². The van der Waals surface area contributed by atoms with E-state index in [2.05, 4.69) is 34.7 Å². The van der Waals surface area contributed by atoms with E-state index >= 15 is 0 Å². The van der Waals surface area contributed by atoms with Crippen molar-refractivity contribution in [1.82, 2.24) is 10.2 Å². The zero-order chi connectivity index (χ0) is 22.9. The maximum atomic E-state index is 14.0. The van der Waals surface area contributed by atoms with E-state index in [1.165, 1.54) is 11.6 Å². The van der Waals surface area contributed by atoms with Gasteiger partial charge < -0.3 is 25.0 Å². The Morgan fingerprint density at radius 2 is 1.91 bits per heavy atom. The second kappa shape index (κ2) is 8.98. The van der Waals surface area contributed by atoms with E-state index in [-0.39, 0.29) is 23.2 Å². The molecule has 2 aliphatic rings. The number of rotatable bonds is 5. The van der Waals surface area contributed by atoms with Crippen LogP contribution in [0.5, 0.6) is 11.5 Å². The van der Waals surface area contributed by atoms with Crippen molar-refractivity contribution in [2.45, 2.75) is 50.1 Å². The zero-order valence-corrected chi connectivity index (χ0v) is 19.2. The van der Waals surface area contributed by atoms with Crippen molar-refractivity contribution in [1.29, 1.82) is 0 Å². The van der Waals surface area contributed by atoms with Crippen LogP contribution < -0.4 is 20.1 Å². The van der Waals surface area contributed by atoms with E-state index in [4.69, 9.17) is 9.47 Å². The molecule has 1 saturated heterocycles. The van der Waals surface area contributed by atoms with E-state index in [9.17, 15) is 9.18 Å². The Labute approximate surface area is 189 Å². The number of urea groups is 1. The number of hydrogen-bond acceptors (Lipinski definition) is 4. The first-order valence-corrected chi connectivity index (χ1v) is 11.1. The third kappa shape index (κ3) is 4.13. The third-order valence-electron chi connectivity index (χ3n) is 7.19. The predicted octanol–water partition coefficient (Wildman–Crippen LogP) is 4.47. The number of aryl methyl sites for hydroxylation is 1. The number of amides is 2. The maximum absolute atomic E-state index is 14.0. The number of ether oxygens (including phenoxy) is 2. The molecule has 0 bridgehead atoms. The van der Waals surface area contributed by atoms with Crippen molar-refractivity contribution in [2.75, 3.05) is 33.1 Å². The topological polar surface area (TPSA) is 62.8 Å². The van der Waals surface area contributed by atoms with Crippen LogP contribution in [0.3, 0.4) is 0 Å². The van der Waals surface area contributed by atoms with Gasteiger partial charge in [-0.15, -0.1) is 0 Å². The number of anilines is 1. The molecular weight excluding hydrogens is 409 g/mol. The lowest BCUT2D eigenvalue weighted by Gasteiger charge is -2.45. The van der Waals surface area contributed by atoms with Crippen LogP contribution >= 0.6 is 0 Å². The molecule has 1 aliphatic heterocycles. The van der Waals surface area contributed by atoms with Gasteiger partial charge in [0.2, 0.25) is 0 Å². The molecule has 2 aromatic carbocycles. The van der Waals surface area contributed by atoms with Gasteiger partial charge >= 0.3 is 6.03 Å². The molecule has 1 heterocycles. The van der Waals surface area contributed by atoms with E-state index in [0.717, 1.165) is 49.3 Å². The van der Waals surface area contributed by atoms with E-state index in [0.29, 0.717) is 6.04 Å². The average molecular weight is 442 g/mol. The Bertz CT molecular complexity index is 998. The van der Waals surface area contributed by atoms with E-state index in [1.807, 2.05) is 13.0 Å². The highest BCUT2D eigenvalue weighted by atomic mass is 19.1. The summed E-state index contributed by atoms with van der Waals surface area (Å²) >= 11 is 0. The zero-order valence-electron chi connectivity index (χ0n) is 19.2. The number of benzene rings is 2. The van der Waals surface area contributed by atoms with Gasteiger partial charge in [-0.25, -0.2) is 9.18 Å². The van der Waals surface area contributed by atoms with Crippen LogP contribution in [0.1, 0.15) is 36.8 Å². The van der Waals surface area contributed by atoms with E-state index < -0.39 is 5.82 Å². The summed E-state index contributed by atoms with van der Waals surface area (Å²) in [7, 11) is 5.46. The van der Waals surface area contributed by atoms with Crippen molar-refractivity contribution in [3.63, 3.8) is 0 Å². The van der Waals surface area contributed by atoms with Gasteiger partial charge in [-0.05, 0) is 81.6 Å². The fraction of sp³-hybridized carbons (Fsp3) is 0.480. The Morgan fingerprint density at radius 3 is 2.66 bits per heavy atom. The third-order valence-corrected chi connectivity index (χ3v) is 7.19. The van der Waals surface area contributed by atoms with Gasteiger partial charge in [0.15, 0.2) is 11.5 Å². The lowest BCUT2D eigenvalue weighted by atomic mass is 9.65. The second-order valence-corrected chi connectivity index (χ2v) is 9.03. The summed E-state index contributed by atoms with van der Waals surface area (Å²) < 4.78 is 25.0. The number of nitrogens with zero attached hydrogens (tertiary/aromatic N) is 1. The van der Waals surface area contributed by atoms with Gasteiger partial charge in [-0.1, -0.05) is 12.1 Å². The van der Waals surface area contributed by atoms with Crippen LogP contribution in [-0.2, 0) is 5.41 Å². The van der Waals surface area contributed by atoms with Crippen LogP contribution in [0.15, 0.2) is 36.4 Å². The van der Waals surface area contributed by atoms with Gasteiger partial charge in [-0.3, -0.25) is 0 Å². The highest BCUT2D eigenvalue weighted by molar-refractivity contribution is 5.89. The highest BCUT2D eigenvalue weighted by Gasteiger charge is 2.50. The molecule has 7 heteroatoms. The van der Waals surface area contributed by atoms with Crippen LogP contribution in [0.2, 0.25) is 0 Å². The maximum Gasteiger partial charge on any atom is 0.319 e. The number of likely N-dealkylation sites (N-methyl/N-ethyl adjacent to an activating group) is 1. The predicted molar refractivity (Wildman–Crippen MR) is 123 cm³/mol. The van der Waals surface area contributed by atoms with Crippen molar-refractivity contribution in [3.05, 3.63) is 53.3 Å². The number of carbonyl (C=O) groups is 1. The lowest BCUT2D eigenvalue weighted by Crippen LogP contribution is -2.52. The number of nitrogens with one attached hydrogen (secondary N) is 2. The number of methoxy groups -OCH3 is 2. The summed E-state index contributed by atoms with van der Waals surface area (Å²) in [5.41, 5.74) is 2.38. The molecule has 172 valence electrons. The van der Waals surface area contributed by atoms with Crippen molar-refractivity contribution < 1.29 is 18.7 Å². The summed E-state index contributed by atoms with van der Waals surface area (Å²) in [6.45, 7) is 2.87. The molecule has 1 saturated carbocycles. The molecule has 0 spiro atoms. The number of likely N-dealkylation sites (tertiary alicyclic amines) is 1. The molecule has 4 rings (SSSR count). The van der Waals surface area contributed by atoms with Crippen molar-refractivity contribution in [3.8, 4) is 11.5 Å². The van der Waals surface area contributed by atoms with Gasteiger partial charge in [-0.2, -0.15) is 0 Å². The molecule has 32 heavy (non-hydrogen) atoms. The smallest absolute Gasteiger partial charge is 0.319 e. The summed E-state index contributed by atoms with van der Waals surface area (Å²) in [4.78, 5) is 15.0. The number of carbonyl (C=O) groups excluding carboxylic acids is 1. The Balaban J connectivity index is 1.49. The number of fused-ring (bicyclic) bond motifs is 1. The Hall–Kier alpha value is -2.80. The second-order valence-electron chi connectivity index (χ2n) is 9.03. The van der Waals surface area contributed by atoms with Crippen LogP contribution in [0, 0.1) is 12.7 Å². The monoisotopic (exact) mass is 441 g/mol. The molecule has 0 radical (unpaired) electrons. The molecule has 2 N–H and O–H groups in total. The summed E-state index contributed by atoms with van der Waals surface area (Å²) in [5.74, 6) is 1.04. The Morgan fingerprint density at radius 1 is 1.12 bits per heavy atom. The molecule has 2 aromatic rings. The SMILES string of the molecule is COc1ccc([C@@]23CC[C@H](NC(=O)Nc4cc(C)ccc4F)C[C@H]2N(C)CC3)cc1OC.